The van der Waals surface area contributed by atoms with E-state index in [4.69, 9.17) is 11.6 Å². The third-order valence-electron chi connectivity index (χ3n) is 3.30. The number of aryl methyl sites for hydroxylation is 2. The highest BCUT2D eigenvalue weighted by Gasteiger charge is 2.17. The number of nitrogens with one attached hydrogen (secondary N) is 1. The van der Waals surface area contributed by atoms with Gasteiger partial charge in [-0.3, -0.25) is 4.68 Å². The van der Waals surface area contributed by atoms with Gasteiger partial charge >= 0.3 is 0 Å². The molecule has 0 saturated carbocycles. The minimum Gasteiger partial charge on any atom is -0.310 e. The summed E-state index contributed by atoms with van der Waals surface area (Å²) in [6.45, 7) is 5.07. The zero-order valence-corrected chi connectivity index (χ0v) is 14.9. The van der Waals surface area contributed by atoms with E-state index >= 15 is 0 Å². The van der Waals surface area contributed by atoms with Crippen molar-refractivity contribution in [3.8, 4) is 0 Å². The zero-order chi connectivity index (χ0) is 14.7. The third-order valence-corrected chi connectivity index (χ3v) is 4.51. The second-order valence-corrected chi connectivity index (χ2v) is 6.48. The van der Waals surface area contributed by atoms with Gasteiger partial charge in [0.1, 0.15) is 0 Å². The number of rotatable bonds is 5. The topological polar surface area (TPSA) is 29.9 Å². The lowest BCUT2D eigenvalue weighted by atomic mass is 10.0. The number of nitrogens with zero attached hydrogens (tertiary/aromatic N) is 2. The minimum atomic E-state index is 0.250. The van der Waals surface area contributed by atoms with E-state index in [0.717, 1.165) is 23.7 Å². The first kappa shape index (κ1) is 15.8. The molecule has 0 aliphatic heterocycles. The molecular formula is C15H19ClIN3. The van der Waals surface area contributed by atoms with Gasteiger partial charge in [-0.05, 0) is 65.9 Å². The average molecular weight is 404 g/mol. The molecule has 0 fully saturated rings. The van der Waals surface area contributed by atoms with Gasteiger partial charge in [-0.15, -0.1) is 0 Å². The van der Waals surface area contributed by atoms with Crippen molar-refractivity contribution in [1.82, 2.24) is 15.1 Å². The fourth-order valence-electron chi connectivity index (χ4n) is 2.38. The lowest BCUT2D eigenvalue weighted by Crippen LogP contribution is -2.24. The van der Waals surface area contributed by atoms with Crippen LogP contribution in [0.2, 0.25) is 5.02 Å². The van der Waals surface area contributed by atoms with Crippen LogP contribution < -0.4 is 5.32 Å². The molecule has 1 heterocycles. The molecule has 1 aromatic heterocycles. The second-order valence-electron chi connectivity index (χ2n) is 4.88. The Morgan fingerprint density at radius 1 is 1.40 bits per heavy atom. The molecule has 2 aromatic rings. The van der Waals surface area contributed by atoms with Crippen LogP contribution in [-0.2, 0) is 13.5 Å². The molecule has 0 aliphatic rings. The smallest absolute Gasteiger partial charge is 0.0596 e. The highest BCUT2D eigenvalue weighted by atomic mass is 127. The summed E-state index contributed by atoms with van der Waals surface area (Å²) in [6, 6.07) is 8.45. The van der Waals surface area contributed by atoms with Crippen molar-refractivity contribution in [3.05, 3.63) is 49.8 Å². The number of halogens is 2. The Hall–Kier alpha value is -0.590. The Morgan fingerprint density at radius 2 is 2.15 bits per heavy atom. The lowest BCUT2D eigenvalue weighted by Gasteiger charge is -2.20. The van der Waals surface area contributed by atoms with Crippen LogP contribution in [-0.4, -0.2) is 16.3 Å². The Balaban J connectivity index is 2.31. The molecule has 2 rings (SSSR count). The molecule has 1 N–H and O–H groups in total. The summed E-state index contributed by atoms with van der Waals surface area (Å²) in [7, 11) is 1.99. The Labute approximate surface area is 138 Å². The molecular weight excluding hydrogens is 385 g/mol. The Morgan fingerprint density at radius 3 is 2.75 bits per heavy atom. The minimum absolute atomic E-state index is 0.250. The number of aromatic nitrogens is 2. The standard InChI is InChI=1S/C15H19ClIN3/c1-4-18-15(9-12-7-10(2)19-20(12)3)13-8-11(16)5-6-14(13)17/h5-8,15,18H,4,9H2,1-3H3. The SMILES string of the molecule is CCNC(Cc1cc(C)nn1C)c1cc(Cl)ccc1I. The van der Waals surface area contributed by atoms with E-state index in [1.807, 2.05) is 24.7 Å². The Bertz CT molecular complexity index is 595. The van der Waals surface area contributed by atoms with Gasteiger partial charge in [-0.25, -0.2) is 0 Å². The Kier molecular flexibility index (Phi) is 5.46. The summed E-state index contributed by atoms with van der Waals surface area (Å²) >= 11 is 8.52. The number of likely N-dealkylation sites (N-methyl/N-ethyl adjacent to an activating group) is 1. The quantitative estimate of drug-likeness (QED) is 0.768. The van der Waals surface area contributed by atoms with Gasteiger partial charge in [0.25, 0.3) is 0 Å². The number of hydrogen-bond acceptors (Lipinski definition) is 2. The van der Waals surface area contributed by atoms with E-state index < -0.39 is 0 Å². The normalized spacial score (nSPS) is 12.7. The molecule has 1 atom stereocenters. The molecule has 0 spiro atoms. The van der Waals surface area contributed by atoms with Crippen molar-refractivity contribution >= 4 is 34.2 Å². The first-order valence-corrected chi connectivity index (χ1v) is 8.14. The van der Waals surface area contributed by atoms with Gasteiger partial charge in [0, 0.05) is 33.8 Å². The van der Waals surface area contributed by atoms with E-state index in [9.17, 15) is 0 Å². The molecule has 0 radical (unpaired) electrons. The van der Waals surface area contributed by atoms with E-state index in [-0.39, 0.29) is 6.04 Å². The van der Waals surface area contributed by atoms with Crippen LogP contribution in [0.1, 0.15) is 29.9 Å². The summed E-state index contributed by atoms with van der Waals surface area (Å²) < 4.78 is 3.19. The molecule has 0 aliphatic carbocycles. The maximum Gasteiger partial charge on any atom is 0.0596 e. The zero-order valence-electron chi connectivity index (χ0n) is 12.0. The van der Waals surface area contributed by atoms with E-state index in [1.54, 1.807) is 0 Å². The van der Waals surface area contributed by atoms with Crippen LogP contribution in [0.3, 0.4) is 0 Å². The first-order valence-electron chi connectivity index (χ1n) is 6.69. The molecule has 20 heavy (non-hydrogen) atoms. The first-order chi connectivity index (χ1) is 9.51. The molecule has 3 nitrogen and oxygen atoms in total. The lowest BCUT2D eigenvalue weighted by molar-refractivity contribution is 0.527. The predicted molar refractivity (Wildman–Crippen MR) is 92.2 cm³/mol. The average Bonchev–Trinajstić information content (AvgIpc) is 2.70. The van der Waals surface area contributed by atoms with Crippen molar-refractivity contribution in [2.24, 2.45) is 7.05 Å². The molecule has 5 heteroatoms. The van der Waals surface area contributed by atoms with Crippen LogP contribution in [0.25, 0.3) is 0 Å². The fourth-order valence-corrected chi connectivity index (χ4v) is 3.28. The van der Waals surface area contributed by atoms with Crippen LogP contribution >= 0.6 is 34.2 Å². The maximum atomic E-state index is 6.15. The van der Waals surface area contributed by atoms with Crippen LogP contribution in [0.4, 0.5) is 0 Å². The highest BCUT2D eigenvalue weighted by Crippen LogP contribution is 2.26. The van der Waals surface area contributed by atoms with Gasteiger partial charge in [0.2, 0.25) is 0 Å². The number of hydrogen-bond donors (Lipinski definition) is 1. The summed E-state index contributed by atoms with van der Waals surface area (Å²) in [5, 5.41) is 8.75. The van der Waals surface area contributed by atoms with E-state index in [1.165, 1.54) is 14.8 Å². The maximum absolute atomic E-state index is 6.15. The summed E-state index contributed by atoms with van der Waals surface area (Å²) in [5.74, 6) is 0. The molecule has 0 bridgehead atoms. The second kappa shape index (κ2) is 6.91. The van der Waals surface area contributed by atoms with Crippen LogP contribution in [0, 0.1) is 10.5 Å². The van der Waals surface area contributed by atoms with Gasteiger partial charge in [-0.1, -0.05) is 18.5 Å². The third kappa shape index (κ3) is 3.74. The van der Waals surface area contributed by atoms with Gasteiger partial charge < -0.3 is 5.32 Å². The molecule has 0 amide bonds. The molecule has 0 saturated heterocycles. The fraction of sp³-hybridized carbons (Fsp3) is 0.400. The van der Waals surface area contributed by atoms with Crippen molar-refractivity contribution < 1.29 is 0 Å². The van der Waals surface area contributed by atoms with Crippen molar-refractivity contribution in [3.63, 3.8) is 0 Å². The largest absolute Gasteiger partial charge is 0.310 e. The molecule has 1 unspecified atom stereocenters. The highest BCUT2D eigenvalue weighted by molar-refractivity contribution is 14.1. The van der Waals surface area contributed by atoms with Gasteiger partial charge in [-0.2, -0.15) is 5.10 Å². The summed E-state index contributed by atoms with van der Waals surface area (Å²) in [4.78, 5) is 0. The molecule has 1 aromatic carbocycles. The van der Waals surface area contributed by atoms with Gasteiger partial charge in [0.05, 0.1) is 5.69 Å². The summed E-state index contributed by atoms with van der Waals surface area (Å²) in [5.41, 5.74) is 3.53. The number of benzene rings is 1. The van der Waals surface area contributed by atoms with Gasteiger partial charge in [0.15, 0.2) is 0 Å². The van der Waals surface area contributed by atoms with Crippen molar-refractivity contribution in [2.75, 3.05) is 6.54 Å². The summed E-state index contributed by atoms with van der Waals surface area (Å²) in [6.07, 6.45) is 0.904. The monoisotopic (exact) mass is 403 g/mol. The predicted octanol–water partition coefficient (Wildman–Crippen LogP) is 3.88. The molecule has 108 valence electrons. The van der Waals surface area contributed by atoms with Crippen LogP contribution in [0.5, 0.6) is 0 Å². The van der Waals surface area contributed by atoms with Crippen LogP contribution in [0.15, 0.2) is 24.3 Å². The van der Waals surface area contributed by atoms with Crippen molar-refractivity contribution in [1.29, 1.82) is 0 Å². The van der Waals surface area contributed by atoms with Crippen molar-refractivity contribution in [2.45, 2.75) is 26.3 Å². The van der Waals surface area contributed by atoms with E-state index in [0.29, 0.717) is 0 Å². The van der Waals surface area contributed by atoms with E-state index in [2.05, 4.69) is 58.1 Å².